The molecule has 24 heavy (non-hydrogen) atoms. The van der Waals surface area contributed by atoms with Gasteiger partial charge in [0, 0.05) is 25.7 Å². The minimum atomic E-state index is -0.399. The maximum Gasteiger partial charge on any atom is 0.273 e. The molecule has 0 spiro atoms. The van der Waals surface area contributed by atoms with Crippen LogP contribution in [0.15, 0.2) is 12.4 Å². The largest absolute Gasteiger partial charge is 0.381 e. The van der Waals surface area contributed by atoms with E-state index in [9.17, 15) is 9.59 Å². The lowest BCUT2D eigenvalue weighted by atomic mass is 10.1. The van der Waals surface area contributed by atoms with Crippen LogP contribution in [0.1, 0.15) is 49.9 Å². The van der Waals surface area contributed by atoms with E-state index >= 15 is 0 Å². The van der Waals surface area contributed by atoms with E-state index in [1.165, 1.54) is 26.0 Å². The molecular weight excluding hydrogens is 308 g/mol. The Bertz CT molecular complexity index is 763. The fraction of sp³-hybridized carbons (Fsp3) is 0.500. The molecule has 8 heteroatoms. The number of pyridine rings is 1. The number of aromatic nitrogens is 3. The third-order valence-electron chi connectivity index (χ3n) is 4.27. The summed E-state index contributed by atoms with van der Waals surface area (Å²) in [6.45, 7) is 4.04. The summed E-state index contributed by atoms with van der Waals surface area (Å²) in [6.07, 6.45) is 7.81. The number of hydrogen-bond acceptors (Lipinski definition) is 5. The zero-order valence-electron chi connectivity index (χ0n) is 13.9. The van der Waals surface area contributed by atoms with Gasteiger partial charge < -0.3 is 5.32 Å². The summed E-state index contributed by atoms with van der Waals surface area (Å²) < 4.78 is 1.80. The number of anilines is 1. The van der Waals surface area contributed by atoms with E-state index < -0.39 is 5.91 Å². The third kappa shape index (κ3) is 3.17. The van der Waals surface area contributed by atoms with E-state index in [1.54, 1.807) is 10.9 Å². The molecule has 8 nitrogen and oxygen atoms in total. The van der Waals surface area contributed by atoms with Crippen LogP contribution in [0.2, 0.25) is 0 Å². The Kier molecular flexibility index (Phi) is 4.64. The highest BCUT2D eigenvalue weighted by Gasteiger charge is 2.22. The van der Waals surface area contributed by atoms with Crippen LogP contribution >= 0.6 is 0 Å². The van der Waals surface area contributed by atoms with Crippen molar-refractivity contribution in [1.29, 1.82) is 0 Å². The zero-order chi connectivity index (χ0) is 17.1. The molecule has 0 saturated heterocycles. The Morgan fingerprint density at radius 3 is 2.67 bits per heavy atom. The average Bonchev–Trinajstić information content (AvgIpc) is 3.21. The molecule has 2 amide bonds. The zero-order valence-corrected chi connectivity index (χ0v) is 13.9. The van der Waals surface area contributed by atoms with Crippen molar-refractivity contribution in [2.24, 2.45) is 0 Å². The molecule has 0 bridgehead atoms. The van der Waals surface area contributed by atoms with E-state index in [0.29, 0.717) is 18.2 Å². The molecule has 2 aromatic heterocycles. The highest BCUT2D eigenvalue weighted by molar-refractivity contribution is 6.06. The van der Waals surface area contributed by atoms with Gasteiger partial charge in [-0.3, -0.25) is 20.4 Å². The fourth-order valence-corrected chi connectivity index (χ4v) is 3.07. The van der Waals surface area contributed by atoms with Gasteiger partial charge in [-0.25, -0.2) is 9.67 Å². The van der Waals surface area contributed by atoms with Crippen LogP contribution in [0, 0.1) is 0 Å². The lowest BCUT2D eigenvalue weighted by Gasteiger charge is -2.17. The van der Waals surface area contributed by atoms with Crippen LogP contribution in [0.3, 0.4) is 0 Å². The Balaban J connectivity index is 1.99. The number of aryl methyl sites for hydroxylation is 1. The summed E-state index contributed by atoms with van der Waals surface area (Å²) in [5, 5.41) is 8.65. The van der Waals surface area contributed by atoms with Gasteiger partial charge in [-0.15, -0.1) is 0 Å². The van der Waals surface area contributed by atoms with Gasteiger partial charge in [0.1, 0.15) is 0 Å². The van der Waals surface area contributed by atoms with Crippen LogP contribution in [0.25, 0.3) is 11.0 Å². The summed E-state index contributed by atoms with van der Waals surface area (Å²) >= 11 is 0. The van der Waals surface area contributed by atoms with E-state index in [2.05, 4.69) is 26.3 Å². The molecule has 128 valence electrons. The predicted octanol–water partition coefficient (Wildman–Crippen LogP) is 1.59. The van der Waals surface area contributed by atoms with E-state index in [-0.39, 0.29) is 5.91 Å². The number of fused-ring (bicyclic) bond motifs is 1. The van der Waals surface area contributed by atoms with Crippen molar-refractivity contribution in [3.05, 3.63) is 18.0 Å². The van der Waals surface area contributed by atoms with Crippen molar-refractivity contribution in [3.63, 3.8) is 0 Å². The van der Waals surface area contributed by atoms with Crippen molar-refractivity contribution in [2.75, 3.05) is 5.32 Å². The Morgan fingerprint density at radius 1 is 1.25 bits per heavy atom. The number of hydrogen-bond donors (Lipinski definition) is 3. The number of rotatable bonds is 4. The monoisotopic (exact) mass is 330 g/mol. The second kappa shape index (κ2) is 6.86. The summed E-state index contributed by atoms with van der Waals surface area (Å²) in [4.78, 5) is 27.8. The second-order valence-corrected chi connectivity index (χ2v) is 6.01. The SMILES string of the molecule is CCn1ncc2c(NC3CCCC3)c(C(=O)NNC(C)=O)cnc21. The van der Waals surface area contributed by atoms with E-state index in [4.69, 9.17) is 0 Å². The van der Waals surface area contributed by atoms with Crippen molar-refractivity contribution < 1.29 is 9.59 Å². The Morgan fingerprint density at radius 2 is 2.00 bits per heavy atom. The number of nitrogens with one attached hydrogen (secondary N) is 3. The minimum Gasteiger partial charge on any atom is -0.381 e. The fourth-order valence-electron chi connectivity index (χ4n) is 3.07. The topological polar surface area (TPSA) is 101 Å². The number of amides is 2. The lowest BCUT2D eigenvalue weighted by Crippen LogP contribution is -2.40. The second-order valence-electron chi connectivity index (χ2n) is 6.01. The molecule has 1 saturated carbocycles. The molecule has 0 aromatic carbocycles. The molecule has 0 atom stereocenters. The molecule has 3 N–H and O–H groups in total. The summed E-state index contributed by atoms with van der Waals surface area (Å²) in [5.74, 6) is -0.731. The van der Waals surface area contributed by atoms with Gasteiger partial charge in [-0.2, -0.15) is 5.10 Å². The number of carbonyl (C=O) groups is 2. The quantitative estimate of drug-likeness (QED) is 0.739. The number of carbonyl (C=O) groups excluding carboxylic acids is 2. The lowest BCUT2D eigenvalue weighted by molar-refractivity contribution is -0.119. The maximum absolute atomic E-state index is 12.4. The molecule has 1 aliphatic rings. The molecule has 0 unspecified atom stereocenters. The van der Waals surface area contributed by atoms with Gasteiger partial charge in [0.25, 0.3) is 5.91 Å². The van der Waals surface area contributed by atoms with Crippen molar-refractivity contribution in [1.82, 2.24) is 25.6 Å². The van der Waals surface area contributed by atoms with Gasteiger partial charge >= 0.3 is 0 Å². The van der Waals surface area contributed by atoms with Crippen molar-refractivity contribution in [3.8, 4) is 0 Å². The highest BCUT2D eigenvalue weighted by atomic mass is 16.2. The molecule has 0 radical (unpaired) electrons. The molecule has 3 rings (SSSR count). The first kappa shape index (κ1) is 16.2. The van der Waals surface area contributed by atoms with E-state index in [0.717, 1.165) is 29.6 Å². The van der Waals surface area contributed by atoms with Crippen LogP contribution in [-0.2, 0) is 11.3 Å². The molecule has 0 aliphatic heterocycles. The van der Waals surface area contributed by atoms with Gasteiger partial charge in [0.2, 0.25) is 5.91 Å². The van der Waals surface area contributed by atoms with Gasteiger partial charge in [-0.05, 0) is 19.8 Å². The summed E-state index contributed by atoms with van der Waals surface area (Å²) in [5.41, 5.74) is 6.59. The average molecular weight is 330 g/mol. The van der Waals surface area contributed by atoms with Crippen LogP contribution < -0.4 is 16.2 Å². The number of nitrogens with zero attached hydrogens (tertiary/aromatic N) is 3. The van der Waals surface area contributed by atoms with Crippen molar-refractivity contribution >= 4 is 28.5 Å². The van der Waals surface area contributed by atoms with Gasteiger partial charge in [0.05, 0.1) is 22.8 Å². The number of hydrazine groups is 1. The first-order valence-electron chi connectivity index (χ1n) is 8.28. The van der Waals surface area contributed by atoms with Gasteiger partial charge in [0.15, 0.2) is 5.65 Å². The van der Waals surface area contributed by atoms with Crippen molar-refractivity contribution in [2.45, 2.75) is 52.1 Å². The van der Waals surface area contributed by atoms with Gasteiger partial charge in [-0.1, -0.05) is 12.8 Å². The standard InChI is InChI=1S/C16H22N6O2/c1-3-22-15-12(9-18-22)14(19-11-6-4-5-7-11)13(8-17-15)16(24)21-20-10(2)23/h8-9,11H,3-7H2,1-2H3,(H,17,19)(H,20,23)(H,21,24). The maximum atomic E-state index is 12.4. The molecule has 2 heterocycles. The Hall–Kier alpha value is -2.64. The highest BCUT2D eigenvalue weighted by Crippen LogP contribution is 2.30. The predicted molar refractivity (Wildman–Crippen MR) is 90.4 cm³/mol. The Labute approximate surface area is 140 Å². The minimum absolute atomic E-state index is 0.332. The smallest absolute Gasteiger partial charge is 0.273 e. The van der Waals surface area contributed by atoms with Crippen LogP contribution in [0.5, 0.6) is 0 Å². The normalized spacial score (nSPS) is 14.8. The van der Waals surface area contributed by atoms with Crippen LogP contribution in [0.4, 0.5) is 5.69 Å². The first-order chi connectivity index (χ1) is 11.6. The molecule has 2 aromatic rings. The van der Waals surface area contributed by atoms with Crippen LogP contribution in [-0.4, -0.2) is 32.6 Å². The summed E-state index contributed by atoms with van der Waals surface area (Å²) in [7, 11) is 0. The first-order valence-corrected chi connectivity index (χ1v) is 8.28. The molecular formula is C16H22N6O2. The summed E-state index contributed by atoms with van der Waals surface area (Å²) in [6, 6.07) is 0.341. The molecule has 1 aliphatic carbocycles. The third-order valence-corrected chi connectivity index (χ3v) is 4.27. The van der Waals surface area contributed by atoms with E-state index in [1.807, 2.05) is 6.92 Å². The molecule has 1 fully saturated rings.